The molecule has 25 heavy (non-hydrogen) atoms. The molecule has 1 unspecified atom stereocenters. The first-order valence-corrected chi connectivity index (χ1v) is 8.70. The molecule has 0 radical (unpaired) electrons. The number of hydrogen-bond donors (Lipinski definition) is 1. The third-order valence-electron chi connectivity index (χ3n) is 3.80. The van der Waals surface area contributed by atoms with Crippen molar-refractivity contribution < 1.29 is 14.3 Å². The topological polar surface area (TPSA) is 47.6 Å². The molecule has 1 aliphatic heterocycles. The third kappa shape index (κ3) is 5.62. The fraction of sp³-hybridized carbons (Fsp3) is 0.250. The van der Waals surface area contributed by atoms with Crippen molar-refractivity contribution in [1.29, 1.82) is 0 Å². The monoisotopic (exact) mass is 357 g/mol. The number of nitrogens with one attached hydrogen (secondary N) is 1. The van der Waals surface area contributed by atoms with E-state index in [0.29, 0.717) is 16.5 Å². The Bertz CT molecular complexity index is 737. The molecule has 2 aromatic carbocycles. The van der Waals surface area contributed by atoms with Crippen LogP contribution in [-0.2, 0) is 9.53 Å². The Labute approximate surface area is 152 Å². The molecule has 0 bridgehead atoms. The summed E-state index contributed by atoms with van der Waals surface area (Å²) in [6.45, 7) is 0.733. The molecule has 1 aliphatic rings. The second-order valence-corrected chi connectivity index (χ2v) is 6.25. The minimum atomic E-state index is -0.207. The summed E-state index contributed by atoms with van der Waals surface area (Å²) in [5, 5.41) is 3.50. The van der Waals surface area contributed by atoms with Gasteiger partial charge in [0.05, 0.1) is 6.61 Å². The molecule has 0 aliphatic carbocycles. The fourth-order valence-electron chi connectivity index (χ4n) is 2.53. The van der Waals surface area contributed by atoms with Crippen molar-refractivity contribution in [2.24, 2.45) is 0 Å². The lowest BCUT2D eigenvalue weighted by Gasteiger charge is -2.23. The number of anilines is 1. The minimum Gasteiger partial charge on any atom is -0.465 e. The molecule has 1 heterocycles. The van der Waals surface area contributed by atoms with Crippen LogP contribution in [0.3, 0.4) is 0 Å². The Balaban J connectivity index is 1.57. The van der Waals surface area contributed by atoms with E-state index in [2.05, 4.69) is 5.32 Å². The van der Waals surface area contributed by atoms with Crippen molar-refractivity contribution in [1.82, 2.24) is 0 Å². The second-order valence-electron chi connectivity index (χ2n) is 5.82. The second kappa shape index (κ2) is 8.70. The number of halogens is 1. The van der Waals surface area contributed by atoms with Gasteiger partial charge in [0.25, 0.3) is 0 Å². The molecule has 1 N–H and O–H groups in total. The van der Waals surface area contributed by atoms with Crippen molar-refractivity contribution in [2.75, 3.05) is 11.9 Å². The van der Waals surface area contributed by atoms with Crippen LogP contribution in [-0.4, -0.2) is 18.8 Å². The van der Waals surface area contributed by atoms with Crippen LogP contribution in [0.5, 0.6) is 5.75 Å². The molecule has 1 fully saturated rings. The van der Waals surface area contributed by atoms with Gasteiger partial charge in [-0.1, -0.05) is 29.8 Å². The number of carbonyl (C=O) groups excluding carboxylic acids is 1. The summed E-state index contributed by atoms with van der Waals surface area (Å²) >= 11 is 5.84. The van der Waals surface area contributed by atoms with Crippen LogP contribution in [0.4, 0.5) is 5.69 Å². The molecule has 5 heteroatoms. The van der Waals surface area contributed by atoms with E-state index in [1.165, 1.54) is 6.08 Å². The van der Waals surface area contributed by atoms with Gasteiger partial charge < -0.3 is 14.8 Å². The molecule has 2 aromatic rings. The summed E-state index contributed by atoms with van der Waals surface area (Å²) in [7, 11) is 0. The molecule has 0 saturated carbocycles. The highest BCUT2D eigenvalue weighted by atomic mass is 35.5. The summed E-state index contributed by atoms with van der Waals surface area (Å²) < 4.78 is 11.4. The van der Waals surface area contributed by atoms with Crippen molar-refractivity contribution in [3.05, 3.63) is 65.2 Å². The van der Waals surface area contributed by atoms with Crippen molar-refractivity contribution in [3.8, 4) is 5.75 Å². The first-order valence-electron chi connectivity index (χ1n) is 8.32. The van der Waals surface area contributed by atoms with Crippen molar-refractivity contribution in [3.63, 3.8) is 0 Å². The van der Waals surface area contributed by atoms with E-state index in [1.54, 1.807) is 24.3 Å². The van der Waals surface area contributed by atoms with E-state index in [0.717, 1.165) is 31.4 Å². The molecular formula is C20H20ClNO3. The van der Waals surface area contributed by atoms with Crippen LogP contribution < -0.4 is 10.1 Å². The summed E-state index contributed by atoms with van der Waals surface area (Å²) in [5.74, 6) is 0.479. The Morgan fingerprint density at radius 3 is 2.80 bits per heavy atom. The maximum Gasteiger partial charge on any atom is 0.248 e. The number of hydrogen-bond acceptors (Lipinski definition) is 3. The lowest BCUT2D eigenvalue weighted by molar-refractivity contribution is -0.111. The molecular weight excluding hydrogens is 338 g/mol. The van der Waals surface area contributed by atoms with Crippen LogP contribution in [0.25, 0.3) is 6.08 Å². The molecule has 0 spiro atoms. The summed E-state index contributed by atoms with van der Waals surface area (Å²) in [6.07, 6.45) is 6.10. The average Bonchev–Trinajstić information content (AvgIpc) is 2.62. The molecule has 1 atom stereocenters. The quantitative estimate of drug-likeness (QED) is 0.774. The molecule has 4 nitrogen and oxygen atoms in total. The highest BCUT2D eigenvalue weighted by Crippen LogP contribution is 2.22. The lowest BCUT2D eigenvalue weighted by Crippen LogP contribution is -2.25. The van der Waals surface area contributed by atoms with E-state index in [9.17, 15) is 4.79 Å². The average molecular weight is 358 g/mol. The number of ether oxygens (including phenoxy) is 2. The van der Waals surface area contributed by atoms with Gasteiger partial charge in [0.2, 0.25) is 5.91 Å². The maximum absolute atomic E-state index is 12.1. The van der Waals surface area contributed by atoms with Gasteiger partial charge in [-0.25, -0.2) is 0 Å². The van der Waals surface area contributed by atoms with Gasteiger partial charge in [0, 0.05) is 29.3 Å². The van der Waals surface area contributed by atoms with Crippen molar-refractivity contribution >= 4 is 29.3 Å². The Kier molecular flexibility index (Phi) is 6.09. The maximum atomic E-state index is 12.1. The number of carbonyl (C=O) groups is 1. The number of benzene rings is 2. The van der Waals surface area contributed by atoms with Gasteiger partial charge in [0.15, 0.2) is 6.29 Å². The summed E-state index contributed by atoms with van der Waals surface area (Å²) in [5.41, 5.74) is 1.59. The Morgan fingerprint density at radius 2 is 2.04 bits per heavy atom. The van der Waals surface area contributed by atoms with Gasteiger partial charge >= 0.3 is 0 Å². The van der Waals surface area contributed by atoms with Crippen molar-refractivity contribution in [2.45, 2.75) is 25.6 Å². The largest absolute Gasteiger partial charge is 0.465 e. The van der Waals surface area contributed by atoms with Crippen LogP contribution in [0.1, 0.15) is 24.8 Å². The van der Waals surface area contributed by atoms with E-state index in [4.69, 9.17) is 21.1 Å². The Hall–Kier alpha value is -2.30. The van der Waals surface area contributed by atoms with E-state index < -0.39 is 0 Å². The van der Waals surface area contributed by atoms with Gasteiger partial charge in [-0.3, -0.25) is 4.79 Å². The molecule has 1 saturated heterocycles. The predicted molar refractivity (Wildman–Crippen MR) is 99.8 cm³/mol. The first kappa shape index (κ1) is 17.5. The third-order valence-corrected chi connectivity index (χ3v) is 4.06. The molecule has 3 rings (SSSR count). The fourth-order valence-corrected chi connectivity index (χ4v) is 2.66. The predicted octanol–water partition coefficient (Wildman–Crippen LogP) is 4.90. The van der Waals surface area contributed by atoms with Gasteiger partial charge in [-0.15, -0.1) is 0 Å². The van der Waals surface area contributed by atoms with Crippen LogP contribution in [0.2, 0.25) is 5.02 Å². The highest BCUT2D eigenvalue weighted by Gasteiger charge is 2.15. The zero-order valence-electron chi connectivity index (χ0n) is 13.8. The van der Waals surface area contributed by atoms with E-state index in [-0.39, 0.29) is 12.2 Å². The van der Waals surface area contributed by atoms with E-state index in [1.807, 2.05) is 30.3 Å². The number of rotatable bonds is 5. The van der Waals surface area contributed by atoms with Gasteiger partial charge in [-0.05, 0) is 48.7 Å². The van der Waals surface area contributed by atoms with Gasteiger partial charge in [0.1, 0.15) is 5.75 Å². The zero-order chi connectivity index (χ0) is 17.5. The standard InChI is InChI=1S/C20H20ClNO3/c21-16-10-7-15(8-11-16)9-12-19(23)22-17-4-3-5-18(14-17)25-20-6-1-2-13-24-20/h3-5,7-12,14,20H,1-2,6,13H2,(H,22,23)/b12-9+. The van der Waals surface area contributed by atoms with Crippen LogP contribution >= 0.6 is 11.6 Å². The van der Waals surface area contributed by atoms with E-state index >= 15 is 0 Å². The smallest absolute Gasteiger partial charge is 0.248 e. The van der Waals surface area contributed by atoms with Gasteiger partial charge in [-0.2, -0.15) is 0 Å². The zero-order valence-corrected chi connectivity index (χ0v) is 14.5. The molecule has 130 valence electrons. The molecule has 0 aromatic heterocycles. The Morgan fingerprint density at radius 1 is 1.20 bits per heavy atom. The SMILES string of the molecule is O=C(/C=C/c1ccc(Cl)cc1)Nc1cccc(OC2CCCCO2)c1. The highest BCUT2D eigenvalue weighted by molar-refractivity contribution is 6.30. The molecule has 1 amide bonds. The summed E-state index contributed by atoms with van der Waals surface area (Å²) in [4.78, 5) is 12.1. The lowest BCUT2D eigenvalue weighted by atomic mass is 10.2. The number of amides is 1. The summed E-state index contributed by atoms with van der Waals surface area (Å²) in [6, 6.07) is 14.6. The normalized spacial score (nSPS) is 17.4. The van der Waals surface area contributed by atoms with Crippen LogP contribution in [0.15, 0.2) is 54.6 Å². The minimum absolute atomic E-state index is 0.204. The first-order chi connectivity index (χ1) is 12.2. The van der Waals surface area contributed by atoms with Crippen LogP contribution in [0, 0.1) is 0 Å².